The quantitative estimate of drug-likeness (QED) is 0.0567. The number of unbranched alkanes of at least 4 members (excludes halogenated alkanes) is 15. The van der Waals surface area contributed by atoms with Crippen molar-refractivity contribution in [3.05, 3.63) is 35.9 Å². The van der Waals surface area contributed by atoms with E-state index < -0.39 is 13.9 Å². The second-order valence-corrected chi connectivity index (χ2v) is 13.9. The first-order chi connectivity index (χ1) is 20.1. The van der Waals surface area contributed by atoms with Crippen LogP contribution in [0.1, 0.15) is 115 Å². The molecule has 0 aromatic heterocycles. The van der Waals surface area contributed by atoms with Crippen molar-refractivity contribution in [2.75, 3.05) is 54.0 Å². The van der Waals surface area contributed by atoms with Crippen molar-refractivity contribution in [2.24, 2.45) is 0 Å². The standard InChI is InChI=1S/C33H61N2O6P/c1-5-6-7-8-9-10-11-12-13-14-15-16-17-18-19-23-26-34(33(36)39-31-32-24-21-20-22-25-32)27-29-40-42(37,38)41-30-28-35(2,3)4/h20-22,24-25H,5-19,23,26-31H2,1-4H3. The Morgan fingerprint density at radius 2 is 1.21 bits per heavy atom. The first-order valence-corrected chi connectivity index (χ1v) is 18.0. The Balaban J connectivity index is 2.27. The molecule has 42 heavy (non-hydrogen) atoms. The molecule has 0 saturated heterocycles. The zero-order chi connectivity index (χ0) is 30.9. The highest BCUT2D eigenvalue weighted by molar-refractivity contribution is 7.45. The molecular formula is C33H61N2O6P. The number of benzene rings is 1. The van der Waals surface area contributed by atoms with Crippen LogP contribution in [0.5, 0.6) is 0 Å². The van der Waals surface area contributed by atoms with Crippen LogP contribution in [0.15, 0.2) is 30.3 Å². The highest BCUT2D eigenvalue weighted by Crippen LogP contribution is 2.37. The molecule has 0 aliphatic carbocycles. The zero-order valence-corrected chi connectivity index (χ0v) is 28.1. The van der Waals surface area contributed by atoms with Crippen LogP contribution in [0.3, 0.4) is 0 Å². The van der Waals surface area contributed by atoms with Crippen LogP contribution < -0.4 is 4.89 Å². The molecule has 9 heteroatoms. The normalized spacial score (nSPS) is 13.2. The van der Waals surface area contributed by atoms with Crippen LogP contribution in [0.25, 0.3) is 0 Å². The fourth-order valence-electron chi connectivity index (χ4n) is 4.68. The Morgan fingerprint density at radius 1 is 0.738 bits per heavy atom. The van der Waals surface area contributed by atoms with Gasteiger partial charge < -0.3 is 28.1 Å². The number of hydrogen-bond acceptors (Lipinski definition) is 6. The molecule has 1 aromatic rings. The van der Waals surface area contributed by atoms with Gasteiger partial charge in [0, 0.05) is 13.1 Å². The van der Waals surface area contributed by atoms with Crippen molar-refractivity contribution in [1.82, 2.24) is 4.90 Å². The number of phosphoric acid groups is 1. The number of quaternary nitrogens is 1. The second kappa shape index (κ2) is 23.9. The predicted octanol–water partition coefficient (Wildman–Crippen LogP) is 8.09. The van der Waals surface area contributed by atoms with Gasteiger partial charge in [0.2, 0.25) is 0 Å². The summed E-state index contributed by atoms with van der Waals surface area (Å²) in [6.07, 6.45) is 20.1. The Bertz CT molecular complexity index is 834. The number of ether oxygens (including phenoxy) is 1. The van der Waals surface area contributed by atoms with Crippen LogP contribution in [0.2, 0.25) is 0 Å². The minimum Gasteiger partial charge on any atom is -0.756 e. The highest BCUT2D eigenvalue weighted by Gasteiger charge is 2.18. The Labute approximate surface area is 257 Å². The third kappa shape index (κ3) is 23.1. The molecule has 1 atom stereocenters. The molecule has 0 saturated carbocycles. The summed E-state index contributed by atoms with van der Waals surface area (Å²) >= 11 is 0. The third-order valence-corrected chi connectivity index (χ3v) is 8.36. The number of carbonyl (C=O) groups excluding carboxylic acids is 1. The maximum atomic E-state index is 12.8. The molecule has 0 aliphatic rings. The van der Waals surface area contributed by atoms with Crippen molar-refractivity contribution >= 4 is 13.9 Å². The number of nitrogens with zero attached hydrogens (tertiary/aromatic N) is 2. The van der Waals surface area contributed by atoms with E-state index in [-0.39, 0.29) is 26.4 Å². The lowest BCUT2D eigenvalue weighted by Gasteiger charge is -2.28. The number of hydrogen-bond donors (Lipinski definition) is 0. The van der Waals surface area contributed by atoms with Gasteiger partial charge in [-0.25, -0.2) is 4.79 Å². The van der Waals surface area contributed by atoms with Crippen LogP contribution in [0, 0.1) is 0 Å². The van der Waals surface area contributed by atoms with E-state index in [2.05, 4.69) is 6.92 Å². The lowest BCUT2D eigenvalue weighted by molar-refractivity contribution is -0.870. The maximum Gasteiger partial charge on any atom is 0.410 e. The van der Waals surface area contributed by atoms with Gasteiger partial charge in [-0.1, -0.05) is 134 Å². The van der Waals surface area contributed by atoms with Gasteiger partial charge in [-0.2, -0.15) is 0 Å². The summed E-state index contributed by atoms with van der Waals surface area (Å²) in [6, 6.07) is 9.51. The molecule has 0 aliphatic heterocycles. The van der Waals surface area contributed by atoms with E-state index in [1.54, 1.807) is 4.90 Å². The van der Waals surface area contributed by atoms with Gasteiger partial charge in [-0.3, -0.25) is 4.57 Å². The monoisotopic (exact) mass is 612 g/mol. The van der Waals surface area contributed by atoms with Crippen molar-refractivity contribution in [3.63, 3.8) is 0 Å². The van der Waals surface area contributed by atoms with E-state index in [4.69, 9.17) is 13.8 Å². The predicted molar refractivity (Wildman–Crippen MR) is 170 cm³/mol. The smallest absolute Gasteiger partial charge is 0.410 e. The summed E-state index contributed by atoms with van der Waals surface area (Å²) in [5.74, 6) is 0. The summed E-state index contributed by atoms with van der Waals surface area (Å²) in [5, 5.41) is 0. The number of rotatable bonds is 27. The summed E-state index contributed by atoms with van der Waals surface area (Å²) in [5.41, 5.74) is 0.902. The minimum absolute atomic E-state index is 0.0479. The molecule has 0 fully saturated rings. The number of phosphoric ester groups is 1. The summed E-state index contributed by atoms with van der Waals surface area (Å²) in [6.45, 7) is 3.48. The zero-order valence-electron chi connectivity index (χ0n) is 27.2. The fraction of sp³-hybridized carbons (Fsp3) is 0.788. The van der Waals surface area contributed by atoms with Crippen LogP contribution in [-0.2, 0) is 25.0 Å². The topological polar surface area (TPSA) is 88.1 Å². The molecular weight excluding hydrogens is 551 g/mol. The number of likely N-dealkylation sites (N-methyl/N-ethyl adjacent to an activating group) is 1. The summed E-state index contributed by atoms with van der Waals surface area (Å²) < 4.78 is 28.2. The van der Waals surface area contributed by atoms with Gasteiger partial charge in [-0.05, 0) is 12.0 Å². The fourth-order valence-corrected chi connectivity index (χ4v) is 5.37. The van der Waals surface area contributed by atoms with E-state index in [0.29, 0.717) is 17.6 Å². The average Bonchev–Trinajstić information content (AvgIpc) is 2.94. The number of amides is 1. The maximum absolute atomic E-state index is 12.8. The Hall–Kier alpha value is -1.44. The third-order valence-electron chi connectivity index (χ3n) is 7.37. The molecule has 244 valence electrons. The molecule has 1 amide bonds. The van der Waals surface area contributed by atoms with Gasteiger partial charge in [0.25, 0.3) is 7.82 Å². The van der Waals surface area contributed by atoms with Crippen molar-refractivity contribution in [1.29, 1.82) is 0 Å². The van der Waals surface area contributed by atoms with Crippen molar-refractivity contribution in [3.8, 4) is 0 Å². The molecule has 1 rings (SSSR count). The largest absolute Gasteiger partial charge is 0.756 e. The molecule has 0 spiro atoms. The molecule has 0 heterocycles. The molecule has 1 unspecified atom stereocenters. The summed E-state index contributed by atoms with van der Waals surface area (Å²) in [4.78, 5) is 26.5. The lowest BCUT2D eigenvalue weighted by atomic mass is 10.0. The van der Waals surface area contributed by atoms with E-state index in [9.17, 15) is 14.3 Å². The van der Waals surface area contributed by atoms with E-state index in [0.717, 1.165) is 24.8 Å². The van der Waals surface area contributed by atoms with Gasteiger partial charge in [0.1, 0.15) is 19.8 Å². The van der Waals surface area contributed by atoms with E-state index in [1.807, 2.05) is 51.5 Å². The first-order valence-electron chi connectivity index (χ1n) is 16.5. The lowest BCUT2D eigenvalue weighted by Crippen LogP contribution is -2.38. The molecule has 8 nitrogen and oxygen atoms in total. The van der Waals surface area contributed by atoms with Gasteiger partial charge in [0.05, 0.1) is 27.7 Å². The Kier molecular flexibility index (Phi) is 22.0. The summed E-state index contributed by atoms with van der Waals surface area (Å²) in [7, 11) is 1.44. The van der Waals surface area contributed by atoms with Crippen molar-refractivity contribution < 1.29 is 32.5 Å². The van der Waals surface area contributed by atoms with Gasteiger partial charge >= 0.3 is 6.09 Å². The van der Waals surface area contributed by atoms with E-state index >= 15 is 0 Å². The molecule has 0 radical (unpaired) electrons. The van der Waals surface area contributed by atoms with Crippen LogP contribution >= 0.6 is 7.82 Å². The van der Waals surface area contributed by atoms with Crippen LogP contribution in [0.4, 0.5) is 4.79 Å². The second-order valence-electron chi connectivity index (χ2n) is 12.5. The number of carbonyl (C=O) groups is 1. The van der Waals surface area contributed by atoms with Crippen LogP contribution in [-0.4, -0.2) is 69.5 Å². The minimum atomic E-state index is -4.43. The highest BCUT2D eigenvalue weighted by atomic mass is 31.2. The molecule has 1 aromatic carbocycles. The van der Waals surface area contributed by atoms with Gasteiger partial charge in [0.15, 0.2) is 0 Å². The Morgan fingerprint density at radius 3 is 1.71 bits per heavy atom. The molecule has 0 bridgehead atoms. The van der Waals surface area contributed by atoms with Gasteiger partial charge in [-0.15, -0.1) is 0 Å². The SMILES string of the molecule is CCCCCCCCCCCCCCCCCCN(CCOP(=O)([O-])OCC[N+](C)(C)C)C(=O)OCc1ccccc1. The molecule has 0 N–H and O–H groups in total. The van der Waals surface area contributed by atoms with E-state index in [1.165, 1.54) is 83.5 Å². The van der Waals surface area contributed by atoms with Crippen molar-refractivity contribution in [2.45, 2.75) is 116 Å². The first kappa shape index (κ1) is 38.6. The average molecular weight is 613 g/mol.